The fourth-order valence-electron chi connectivity index (χ4n) is 1.77. The molecule has 0 unspecified atom stereocenters. The van der Waals surface area contributed by atoms with Gasteiger partial charge in [0.25, 0.3) is 5.91 Å². The Balaban J connectivity index is 2.03. The van der Waals surface area contributed by atoms with E-state index in [-0.39, 0.29) is 5.91 Å². The number of benzene rings is 1. The highest BCUT2D eigenvalue weighted by molar-refractivity contribution is 7.22. The van der Waals surface area contributed by atoms with Crippen LogP contribution in [0.15, 0.2) is 17.2 Å². The Bertz CT molecular complexity index is 677. The molecule has 0 radical (unpaired) electrons. The van der Waals surface area contributed by atoms with Crippen LogP contribution in [0.4, 0.5) is 10.8 Å². The van der Waals surface area contributed by atoms with E-state index in [0.29, 0.717) is 17.6 Å². The smallest absolute Gasteiger partial charge is 0.264 e. The lowest BCUT2D eigenvalue weighted by Gasteiger charge is -2.06. The van der Waals surface area contributed by atoms with Gasteiger partial charge < -0.3 is 11.1 Å². The van der Waals surface area contributed by atoms with Gasteiger partial charge in [-0.2, -0.15) is 5.10 Å². The van der Waals surface area contributed by atoms with Crippen molar-refractivity contribution in [1.29, 1.82) is 0 Å². The van der Waals surface area contributed by atoms with Crippen LogP contribution in [0.25, 0.3) is 10.2 Å². The number of nitrogens with one attached hydrogen (secondary N) is 2. The van der Waals surface area contributed by atoms with Crippen LogP contribution in [0.1, 0.15) is 19.4 Å². The summed E-state index contributed by atoms with van der Waals surface area (Å²) in [5.74, 6) is 0.203. The van der Waals surface area contributed by atoms with E-state index >= 15 is 0 Å². The van der Waals surface area contributed by atoms with Gasteiger partial charge in [0.2, 0.25) is 0 Å². The second kappa shape index (κ2) is 6.53. The number of nitrogen functional groups attached to an aromatic ring is 1. The normalized spacial score (nSPS) is 11.4. The summed E-state index contributed by atoms with van der Waals surface area (Å²) in [4.78, 5) is 15.7. The van der Waals surface area contributed by atoms with Crippen molar-refractivity contribution in [2.75, 3.05) is 17.7 Å². The highest BCUT2D eigenvalue weighted by Crippen LogP contribution is 2.31. The van der Waals surface area contributed by atoms with Crippen LogP contribution in [0, 0.1) is 12.8 Å². The molecule has 1 amide bonds. The van der Waals surface area contributed by atoms with E-state index in [4.69, 9.17) is 5.73 Å². The Morgan fingerprint density at radius 2 is 2.29 bits per heavy atom. The Morgan fingerprint density at radius 1 is 1.52 bits per heavy atom. The molecule has 0 saturated heterocycles. The number of anilines is 2. The van der Waals surface area contributed by atoms with Gasteiger partial charge in [0.1, 0.15) is 6.21 Å². The molecule has 0 atom stereocenters. The van der Waals surface area contributed by atoms with Crippen LogP contribution in [0.5, 0.6) is 0 Å². The standard InChI is InChI=1S/C14H19N5OS/c1-8(2)6-16-12(20)7-17-19-10-4-5-11-13(9(10)3)21-14(15)18-11/h4-5,7-8,19H,6H2,1-3H3,(H2,15,18)(H,16,20)/b17-7+. The largest absolute Gasteiger partial charge is 0.375 e. The molecule has 4 N–H and O–H groups in total. The van der Waals surface area contributed by atoms with E-state index in [1.807, 2.05) is 32.9 Å². The lowest BCUT2D eigenvalue weighted by molar-refractivity contribution is -0.114. The maximum absolute atomic E-state index is 11.5. The lowest BCUT2D eigenvalue weighted by Crippen LogP contribution is -2.28. The minimum Gasteiger partial charge on any atom is -0.375 e. The van der Waals surface area contributed by atoms with Crippen LogP contribution in [0.3, 0.4) is 0 Å². The summed E-state index contributed by atoms with van der Waals surface area (Å²) < 4.78 is 1.02. The van der Waals surface area contributed by atoms with Gasteiger partial charge in [0, 0.05) is 6.54 Å². The summed E-state index contributed by atoms with van der Waals surface area (Å²) in [6.45, 7) is 6.68. The first kappa shape index (κ1) is 15.2. The summed E-state index contributed by atoms with van der Waals surface area (Å²) in [5, 5.41) is 7.27. The lowest BCUT2D eigenvalue weighted by atomic mass is 10.2. The third-order valence-electron chi connectivity index (χ3n) is 2.87. The van der Waals surface area contributed by atoms with Gasteiger partial charge in [0.05, 0.1) is 15.9 Å². The molecule has 1 aromatic heterocycles. The number of hydrogen-bond acceptors (Lipinski definition) is 6. The molecule has 0 bridgehead atoms. The molecule has 0 spiro atoms. The fraction of sp³-hybridized carbons (Fsp3) is 0.357. The van der Waals surface area contributed by atoms with Crippen LogP contribution >= 0.6 is 11.3 Å². The van der Waals surface area contributed by atoms with Crippen molar-refractivity contribution in [3.63, 3.8) is 0 Å². The third kappa shape index (κ3) is 3.91. The average molecular weight is 305 g/mol. The van der Waals surface area contributed by atoms with Crippen molar-refractivity contribution in [3.05, 3.63) is 17.7 Å². The second-order valence-corrected chi connectivity index (χ2v) is 6.18. The van der Waals surface area contributed by atoms with Crippen LogP contribution in [0.2, 0.25) is 0 Å². The summed E-state index contributed by atoms with van der Waals surface area (Å²) in [5.41, 5.74) is 11.3. The van der Waals surface area contributed by atoms with Crippen molar-refractivity contribution >= 4 is 44.5 Å². The first-order valence-electron chi connectivity index (χ1n) is 6.70. The first-order valence-corrected chi connectivity index (χ1v) is 7.51. The van der Waals surface area contributed by atoms with Gasteiger partial charge in [-0.15, -0.1) is 0 Å². The predicted octanol–water partition coefficient (Wildman–Crippen LogP) is 2.36. The van der Waals surface area contributed by atoms with Crippen molar-refractivity contribution in [2.24, 2.45) is 11.0 Å². The minimum absolute atomic E-state index is 0.211. The summed E-state index contributed by atoms with van der Waals surface area (Å²) in [6.07, 6.45) is 1.24. The molecule has 0 aliphatic carbocycles. The Hall–Kier alpha value is -2.15. The number of carbonyl (C=O) groups excluding carboxylic acids is 1. The SMILES string of the molecule is Cc1c(N/N=C/C(=O)NCC(C)C)ccc2nc(N)sc12. The highest BCUT2D eigenvalue weighted by Gasteiger charge is 2.07. The van der Waals surface area contributed by atoms with E-state index in [2.05, 4.69) is 20.8 Å². The number of fused-ring (bicyclic) bond motifs is 1. The number of nitrogens with two attached hydrogens (primary N) is 1. The topological polar surface area (TPSA) is 92.4 Å². The Kier molecular flexibility index (Phi) is 4.74. The molecule has 0 aliphatic heterocycles. The summed E-state index contributed by atoms with van der Waals surface area (Å²) in [7, 11) is 0. The number of carbonyl (C=O) groups is 1. The van der Waals surface area contributed by atoms with E-state index in [1.165, 1.54) is 17.6 Å². The van der Waals surface area contributed by atoms with E-state index < -0.39 is 0 Å². The molecule has 21 heavy (non-hydrogen) atoms. The van der Waals surface area contributed by atoms with Gasteiger partial charge in [0.15, 0.2) is 5.13 Å². The molecule has 1 aromatic carbocycles. The maximum atomic E-state index is 11.5. The van der Waals surface area contributed by atoms with Crippen molar-refractivity contribution < 1.29 is 4.79 Å². The molecule has 112 valence electrons. The van der Waals surface area contributed by atoms with Crippen LogP contribution in [-0.4, -0.2) is 23.7 Å². The Morgan fingerprint density at radius 3 is 3.00 bits per heavy atom. The molecule has 0 saturated carbocycles. The molecule has 0 aliphatic rings. The van der Waals surface area contributed by atoms with E-state index in [0.717, 1.165) is 21.5 Å². The third-order valence-corrected chi connectivity index (χ3v) is 3.89. The minimum atomic E-state index is -0.211. The molecule has 7 heteroatoms. The number of thiazole rings is 1. The number of aryl methyl sites for hydroxylation is 1. The molecule has 0 fully saturated rings. The van der Waals surface area contributed by atoms with E-state index in [9.17, 15) is 4.79 Å². The van der Waals surface area contributed by atoms with Gasteiger partial charge in [-0.05, 0) is 30.5 Å². The molecule has 1 heterocycles. The van der Waals surface area contributed by atoms with Gasteiger partial charge >= 0.3 is 0 Å². The summed E-state index contributed by atoms with van der Waals surface area (Å²) >= 11 is 1.44. The fourth-order valence-corrected chi connectivity index (χ4v) is 2.61. The quantitative estimate of drug-likeness (QED) is 0.584. The zero-order valence-corrected chi connectivity index (χ0v) is 13.1. The van der Waals surface area contributed by atoms with Gasteiger partial charge in [-0.3, -0.25) is 10.2 Å². The number of nitrogens with zero attached hydrogens (tertiary/aromatic N) is 2. The number of hydrazone groups is 1. The van der Waals surface area contributed by atoms with Crippen LogP contribution in [-0.2, 0) is 4.79 Å². The highest BCUT2D eigenvalue weighted by atomic mass is 32.1. The maximum Gasteiger partial charge on any atom is 0.264 e. The monoisotopic (exact) mass is 305 g/mol. The van der Waals surface area contributed by atoms with Gasteiger partial charge in [-0.1, -0.05) is 25.2 Å². The number of amides is 1. The molecule has 2 aromatic rings. The van der Waals surface area contributed by atoms with Crippen molar-refractivity contribution in [2.45, 2.75) is 20.8 Å². The summed E-state index contributed by atoms with van der Waals surface area (Å²) in [6, 6.07) is 3.76. The van der Waals surface area contributed by atoms with Crippen molar-refractivity contribution in [3.8, 4) is 0 Å². The zero-order valence-electron chi connectivity index (χ0n) is 12.3. The predicted molar refractivity (Wildman–Crippen MR) is 88.7 cm³/mol. The Labute approximate surface area is 127 Å². The number of rotatable bonds is 5. The van der Waals surface area contributed by atoms with Crippen molar-refractivity contribution in [1.82, 2.24) is 10.3 Å². The van der Waals surface area contributed by atoms with Gasteiger partial charge in [-0.25, -0.2) is 4.98 Å². The molecular formula is C14H19N5OS. The second-order valence-electron chi connectivity index (χ2n) is 5.15. The molecule has 6 nitrogen and oxygen atoms in total. The first-order chi connectivity index (χ1) is 9.97. The molecular weight excluding hydrogens is 286 g/mol. The van der Waals surface area contributed by atoms with Crippen LogP contribution < -0.4 is 16.5 Å². The zero-order chi connectivity index (χ0) is 15.4. The number of aromatic nitrogens is 1. The number of hydrogen-bond donors (Lipinski definition) is 3. The molecule has 2 rings (SSSR count). The average Bonchev–Trinajstić information content (AvgIpc) is 2.80. The van der Waals surface area contributed by atoms with E-state index in [1.54, 1.807) is 0 Å².